The fraction of sp³-hybridized carbons (Fsp3) is 0.154. The van der Waals surface area contributed by atoms with E-state index < -0.39 is 7.12 Å². The van der Waals surface area contributed by atoms with Gasteiger partial charge in [-0.2, -0.15) is 0 Å². The van der Waals surface area contributed by atoms with E-state index in [9.17, 15) is 10.0 Å². The van der Waals surface area contributed by atoms with E-state index in [0.717, 1.165) is 15.1 Å². The Morgan fingerprint density at radius 1 is 1.35 bits per heavy atom. The molecule has 0 unspecified atom stereocenters. The Labute approximate surface area is 130 Å². The number of rotatable bonds is 5. The van der Waals surface area contributed by atoms with Crippen molar-refractivity contribution in [3.05, 3.63) is 46.6 Å². The molecular weight excluding hydrogens is 341 g/mol. The Kier molecular flexibility index (Phi) is 5.48. The number of thioether (sulfide) groups is 1. The highest BCUT2D eigenvalue weighted by Crippen LogP contribution is 2.27. The van der Waals surface area contributed by atoms with Gasteiger partial charge in [0.15, 0.2) is 0 Å². The van der Waals surface area contributed by atoms with Crippen molar-refractivity contribution in [3.63, 3.8) is 0 Å². The lowest BCUT2D eigenvalue weighted by Crippen LogP contribution is -2.31. The first kappa shape index (κ1) is 15.4. The van der Waals surface area contributed by atoms with Crippen molar-refractivity contribution in [3.8, 4) is 5.75 Å². The zero-order chi connectivity index (χ0) is 14.5. The van der Waals surface area contributed by atoms with Crippen LogP contribution in [-0.4, -0.2) is 29.3 Å². The summed E-state index contributed by atoms with van der Waals surface area (Å²) in [6.45, 7) is 0. The number of hydrogen-bond donors (Lipinski definition) is 2. The van der Waals surface area contributed by atoms with Gasteiger partial charge in [0.05, 0.1) is 7.11 Å². The SMILES string of the molecule is COc1ccc(CSc2ncccc2Br)cc1B(O)O. The van der Waals surface area contributed by atoms with Crippen LogP contribution in [0, 0.1) is 0 Å². The summed E-state index contributed by atoms with van der Waals surface area (Å²) < 4.78 is 6.04. The Morgan fingerprint density at radius 2 is 2.15 bits per heavy atom. The van der Waals surface area contributed by atoms with Gasteiger partial charge in [0, 0.05) is 21.9 Å². The van der Waals surface area contributed by atoms with E-state index in [1.54, 1.807) is 30.1 Å². The molecule has 2 aromatic rings. The Balaban J connectivity index is 2.14. The molecule has 0 atom stereocenters. The number of halogens is 1. The van der Waals surface area contributed by atoms with Gasteiger partial charge in [0.25, 0.3) is 0 Å². The Bertz CT molecular complexity index is 598. The lowest BCUT2D eigenvalue weighted by atomic mass is 9.79. The third-order valence-electron chi connectivity index (χ3n) is 2.67. The van der Waals surface area contributed by atoms with Crippen LogP contribution >= 0.6 is 27.7 Å². The number of ether oxygens (including phenoxy) is 1. The largest absolute Gasteiger partial charge is 0.497 e. The van der Waals surface area contributed by atoms with Gasteiger partial charge >= 0.3 is 7.12 Å². The fourth-order valence-electron chi connectivity index (χ4n) is 1.70. The molecule has 1 heterocycles. The molecule has 2 rings (SSSR count). The second-order valence-corrected chi connectivity index (χ2v) is 5.85. The predicted octanol–water partition coefficient (Wildman–Crippen LogP) is 1.82. The lowest BCUT2D eigenvalue weighted by Gasteiger charge is -2.10. The molecule has 0 saturated heterocycles. The molecule has 7 heteroatoms. The van der Waals surface area contributed by atoms with E-state index in [0.29, 0.717) is 17.0 Å². The van der Waals surface area contributed by atoms with Crippen molar-refractivity contribution >= 4 is 40.3 Å². The van der Waals surface area contributed by atoms with Gasteiger partial charge in [0.2, 0.25) is 0 Å². The Hall–Kier alpha value is -1.02. The van der Waals surface area contributed by atoms with Crippen LogP contribution in [-0.2, 0) is 5.75 Å². The third kappa shape index (κ3) is 3.76. The van der Waals surface area contributed by atoms with Gasteiger partial charge in [-0.1, -0.05) is 12.1 Å². The van der Waals surface area contributed by atoms with Crippen LogP contribution in [0.25, 0.3) is 0 Å². The average Bonchev–Trinajstić information content (AvgIpc) is 2.46. The molecule has 0 amide bonds. The van der Waals surface area contributed by atoms with Crippen LogP contribution in [0.2, 0.25) is 0 Å². The number of hydrogen-bond acceptors (Lipinski definition) is 5. The van der Waals surface area contributed by atoms with Gasteiger partial charge in [-0.05, 0) is 39.7 Å². The zero-order valence-electron chi connectivity index (χ0n) is 10.8. The molecule has 0 spiro atoms. The van der Waals surface area contributed by atoms with Crippen LogP contribution in [0.5, 0.6) is 5.75 Å². The summed E-state index contributed by atoms with van der Waals surface area (Å²) in [6.07, 6.45) is 1.74. The number of nitrogens with zero attached hydrogens (tertiary/aromatic N) is 1. The van der Waals surface area contributed by atoms with E-state index in [1.807, 2.05) is 18.2 Å². The maximum atomic E-state index is 9.34. The summed E-state index contributed by atoms with van der Waals surface area (Å²) in [5.74, 6) is 1.15. The molecule has 20 heavy (non-hydrogen) atoms. The number of benzene rings is 1. The zero-order valence-corrected chi connectivity index (χ0v) is 13.2. The van der Waals surface area contributed by atoms with Crippen LogP contribution < -0.4 is 10.2 Å². The number of methoxy groups -OCH3 is 1. The van der Waals surface area contributed by atoms with Crippen LogP contribution in [0.1, 0.15) is 5.56 Å². The predicted molar refractivity (Wildman–Crippen MR) is 84.3 cm³/mol. The van der Waals surface area contributed by atoms with Gasteiger partial charge in [-0.25, -0.2) is 4.98 Å². The van der Waals surface area contributed by atoms with E-state index in [1.165, 1.54) is 7.11 Å². The summed E-state index contributed by atoms with van der Waals surface area (Å²) in [5, 5.41) is 19.6. The molecule has 1 aromatic carbocycles. The van der Waals surface area contributed by atoms with Crippen LogP contribution in [0.3, 0.4) is 0 Å². The van der Waals surface area contributed by atoms with Gasteiger partial charge in [-0.15, -0.1) is 11.8 Å². The lowest BCUT2D eigenvalue weighted by molar-refractivity contribution is 0.403. The first-order valence-electron chi connectivity index (χ1n) is 5.88. The monoisotopic (exact) mass is 353 g/mol. The maximum Gasteiger partial charge on any atom is 0.492 e. The molecule has 1 aromatic heterocycles. The molecule has 0 aliphatic rings. The number of pyridine rings is 1. The third-order valence-corrected chi connectivity index (χ3v) is 4.65. The molecule has 0 fully saturated rings. The minimum Gasteiger partial charge on any atom is -0.497 e. The van der Waals surface area contributed by atoms with Gasteiger partial charge in [0.1, 0.15) is 10.8 Å². The standard InChI is InChI=1S/C13H13BBrNO3S/c1-19-12-5-4-9(7-10(12)14(17)18)8-20-13-11(15)3-2-6-16-13/h2-7,17-18H,8H2,1H3. The molecule has 104 valence electrons. The fourth-order valence-corrected chi connectivity index (χ4v) is 3.13. The molecule has 0 bridgehead atoms. The van der Waals surface area contributed by atoms with E-state index in [2.05, 4.69) is 20.9 Å². The van der Waals surface area contributed by atoms with Crippen molar-refractivity contribution in [1.82, 2.24) is 4.98 Å². The van der Waals surface area contributed by atoms with Crippen molar-refractivity contribution in [2.24, 2.45) is 0 Å². The maximum absolute atomic E-state index is 9.34. The normalized spacial score (nSPS) is 10.4. The highest BCUT2D eigenvalue weighted by molar-refractivity contribution is 9.10. The highest BCUT2D eigenvalue weighted by Gasteiger charge is 2.17. The van der Waals surface area contributed by atoms with E-state index in [4.69, 9.17) is 4.74 Å². The number of aromatic nitrogens is 1. The molecule has 0 radical (unpaired) electrons. The summed E-state index contributed by atoms with van der Waals surface area (Å²) in [7, 11) is -0.0443. The molecule has 0 saturated carbocycles. The van der Waals surface area contributed by atoms with E-state index >= 15 is 0 Å². The first-order chi connectivity index (χ1) is 9.61. The summed E-state index contributed by atoms with van der Waals surface area (Å²) in [4.78, 5) is 4.28. The summed E-state index contributed by atoms with van der Waals surface area (Å²) in [5.41, 5.74) is 1.34. The van der Waals surface area contributed by atoms with Gasteiger partial charge in [-0.3, -0.25) is 0 Å². The van der Waals surface area contributed by atoms with Crippen LogP contribution in [0.4, 0.5) is 0 Å². The molecule has 2 N–H and O–H groups in total. The molecule has 0 aliphatic heterocycles. The minimum absolute atomic E-state index is 0.366. The molecule has 0 aliphatic carbocycles. The van der Waals surface area contributed by atoms with E-state index in [-0.39, 0.29) is 0 Å². The second-order valence-electron chi connectivity index (χ2n) is 4.03. The summed E-state index contributed by atoms with van der Waals surface area (Å²) in [6, 6.07) is 9.16. The molecular formula is C13H13BBrNO3S. The smallest absolute Gasteiger partial charge is 0.492 e. The van der Waals surface area contributed by atoms with Gasteiger partial charge < -0.3 is 14.8 Å². The molecule has 4 nitrogen and oxygen atoms in total. The van der Waals surface area contributed by atoms with Crippen molar-refractivity contribution in [2.45, 2.75) is 10.8 Å². The van der Waals surface area contributed by atoms with Crippen molar-refractivity contribution in [1.29, 1.82) is 0 Å². The second kappa shape index (κ2) is 7.13. The average molecular weight is 354 g/mol. The first-order valence-corrected chi connectivity index (χ1v) is 7.66. The highest BCUT2D eigenvalue weighted by atomic mass is 79.9. The minimum atomic E-state index is -1.54. The van der Waals surface area contributed by atoms with Crippen molar-refractivity contribution < 1.29 is 14.8 Å². The quantitative estimate of drug-likeness (QED) is 0.634. The van der Waals surface area contributed by atoms with Crippen molar-refractivity contribution in [2.75, 3.05) is 7.11 Å². The van der Waals surface area contributed by atoms with Crippen LogP contribution in [0.15, 0.2) is 46.0 Å². The Morgan fingerprint density at radius 3 is 2.80 bits per heavy atom. The topological polar surface area (TPSA) is 62.6 Å². The summed E-state index contributed by atoms with van der Waals surface area (Å²) >= 11 is 5.02.